The number of carbonyl (C=O) groups is 1. The van der Waals surface area contributed by atoms with Crippen molar-refractivity contribution in [3.05, 3.63) is 48.6 Å². The lowest BCUT2D eigenvalue weighted by molar-refractivity contribution is -0.123. The van der Waals surface area contributed by atoms with E-state index in [9.17, 15) is 4.79 Å². The normalized spacial score (nSPS) is 13.9. The zero-order chi connectivity index (χ0) is 13.4. The molecule has 18 heavy (non-hydrogen) atoms. The smallest absolute Gasteiger partial charge is 0.152 e. The number of rotatable bonds is 8. The van der Waals surface area contributed by atoms with Gasteiger partial charge in [0.25, 0.3) is 0 Å². The molecule has 98 valence electrons. The molecule has 2 atom stereocenters. The fourth-order valence-corrected chi connectivity index (χ4v) is 1.58. The minimum absolute atomic E-state index is 0.0236. The fourth-order valence-electron chi connectivity index (χ4n) is 1.58. The van der Waals surface area contributed by atoms with Gasteiger partial charge in [-0.1, -0.05) is 36.4 Å². The van der Waals surface area contributed by atoms with E-state index in [1.165, 1.54) is 0 Å². The van der Waals surface area contributed by atoms with Crippen LogP contribution < -0.4 is 5.73 Å². The second kappa shape index (κ2) is 7.80. The molecule has 2 N–H and O–H groups in total. The molecule has 3 nitrogen and oxygen atoms in total. The van der Waals surface area contributed by atoms with E-state index in [0.29, 0.717) is 19.4 Å². The zero-order valence-corrected chi connectivity index (χ0v) is 10.8. The number of Topliss-reactive ketones (excluding diaryl/α,β-unsaturated/α-hetero) is 1. The van der Waals surface area contributed by atoms with Gasteiger partial charge in [0.2, 0.25) is 0 Å². The Balaban J connectivity index is 2.37. The predicted molar refractivity (Wildman–Crippen MR) is 73.1 cm³/mol. The van der Waals surface area contributed by atoms with Gasteiger partial charge >= 0.3 is 0 Å². The maximum absolute atomic E-state index is 11.7. The zero-order valence-electron chi connectivity index (χ0n) is 10.8. The fraction of sp³-hybridized carbons (Fsp3) is 0.400. The molecule has 0 saturated carbocycles. The average molecular weight is 247 g/mol. The highest BCUT2D eigenvalue weighted by Gasteiger charge is 2.20. The summed E-state index contributed by atoms with van der Waals surface area (Å²) < 4.78 is 5.62. The summed E-state index contributed by atoms with van der Waals surface area (Å²) in [6.07, 6.45) is 2.55. The molecule has 0 aliphatic heterocycles. The summed E-state index contributed by atoms with van der Waals surface area (Å²) in [6, 6.07) is 9.28. The number of nitrogens with two attached hydrogens (primary N) is 1. The van der Waals surface area contributed by atoms with Crippen molar-refractivity contribution in [2.24, 2.45) is 5.73 Å². The Kier molecular flexibility index (Phi) is 6.33. The molecule has 0 saturated heterocycles. The topological polar surface area (TPSA) is 52.3 Å². The molecule has 1 aromatic carbocycles. The number of allylic oxidation sites excluding steroid dienone is 1. The number of carbonyl (C=O) groups excluding carboxylic acids is 1. The van der Waals surface area contributed by atoms with Crippen LogP contribution in [-0.4, -0.2) is 17.9 Å². The van der Waals surface area contributed by atoms with Gasteiger partial charge in [0, 0.05) is 6.42 Å². The van der Waals surface area contributed by atoms with Gasteiger partial charge in [0.05, 0.1) is 18.8 Å². The summed E-state index contributed by atoms with van der Waals surface area (Å²) in [6.45, 7) is 5.90. The third-order valence-electron chi connectivity index (χ3n) is 2.83. The molecular weight excluding hydrogens is 226 g/mol. The summed E-state index contributed by atoms with van der Waals surface area (Å²) in [5.74, 6) is 0.0236. The molecular formula is C15H21NO2. The SMILES string of the molecule is C=CCCC(=O)C(N)C(C)OCc1ccccc1. The van der Waals surface area contributed by atoms with Gasteiger partial charge in [-0.3, -0.25) is 4.79 Å². The van der Waals surface area contributed by atoms with Crippen molar-refractivity contribution >= 4 is 5.78 Å². The first kappa shape index (κ1) is 14.6. The van der Waals surface area contributed by atoms with Crippen molar-refractivity contribution < 1.29 is 9.53 Å². The van der Waals surface area contributed by atoms with Gasteiger partial charge in [-0.25, -0.2) is 0 Å². The minimum Gasteiger partial charge on any atom is -0.372 e. The Labute approximate surface area is 109 Å². The van der Waals surface area contributed by atoms with Crippen LogP contribution in [0.3, 0.4) is 0 Å². The first-order valence-corrected chi connectivity index (χ1v) is 6.20. The van der Waals surface area contributed by atoms with Crippen LogP contribution in [0.2, 0.25) is 0 Å². The molecule has 0 spiro atoms. The Morgan fingerprint density at radius 2 is 2.11 bits per heavy atom. The van der Waals surface area contributed by atoms with E-state index in [0.717, 1.165) is 5.56 Å². The van der Waals surface area contributed by atoms with Crippen molar-refractivity contribution in [2.45, 2.75) is 38.5 Å². The maximum Gasteiger partial charge on any atom is 0.152 e. The predicted octanol–water partition coefficient (Wildman–Crippen LogP) is 2.45. The van der Waals surface area contributed by atoms with Crippen molar-refractivity contribution in [2.75, 3.05) is 0 Å². The second-order valence-electron chi connectivity index (χ2n) is 4.32. The molecule has 0 aliphatic rings. The van der Waals surface area contributed by atoms with Crippen LogP contribution in [0.15, 0.2) is 43.0 Å². The molecule has 0 bridgehead atoms. The standard InChI is InChI=1S/C15H21NO2/c1-3-4-10-14(17)15(16)12(2)18-11-13-8-6-5-7-9-13/h3,5-9,12,15H,1,4,10-11,16H2,2H3. The molecule has 0 amide bonds. The van der Waals surface area contributed by atoms with Gasteiger partial charge < -0.3 is 10.5 Å². The van der Waals surface area contributed by atoms with Crippen LogP contribution in [-0.2, 0) is 16.1 Å². The highest BCUT2D eigenvalue weighted by atomic mass is 16.5. The number of hydrogen-bond donors (Lipinski definition) is 1. The Morgan fingerprint density at radius 1 is 1.44 bits per heavy atom. The van der Waals surface area contributed by atoms with Crippen molar-refractivity contribution in [1.82, 2.24) is 0 Å². The number of ether oxygens (including phenoxy) is 1. The van der Waals surface area contributed by atoms with Gasteiger partial charge in [-0.05, 0) is 18.9 Å². The van der Waals surface area contributed by atoms with E-state index in [2.05, 4.69) is 6.58 Å². The largest absolute Gasteiger partial charge is 0.372 e. The van der Waals surface area contributed by atoms with Gasteiger partial charge in [0.1, 0.15) is 0 Å². The molecule has 0 aromatic heterocycles. The third-order valence-corrected chi connectivity index (χ3v) is 2.83. The van der Waals surface area contributed by atoms with Crippen LogP contribution in [0.5, 0.6) is 0 Å². The first-order valence-electron chi connectivity index (χ1n) is 6.20. The third kappa shape index (κ3) is 4.82. The molecule has 0 fully saturated rings. The van der Waals surface area contributed by atoms with E-state index < -0.39 is 6.04 Å². The van der Waals surface area contributed by atoms with Crippen LogP contribution in [0.1, 0.15) is 25.3 Å². The summed E-state index contributed by atoms with van der Waals surface area (Å²) in [5, 5.41) is 0. The highest BCUT2D eigenvalue weighted by Crippen LogP contribution is 2.07. The Bertz CT molecular complexity index is 375. The van der Waals surface area contributed by atoms with Gasteiger partial charge in [0.15, 0.2) is 5.78 Å². The minimum atomic E-state index is -0.561. The lowest BCUT2D eigenvalue weighted by atomic mass is 10.0. The Morgan fingerprint density at radius 3 is 2.72 bits per heavy atom. The molecule has 0 aliphatic carbocycles. The average Bonchev–Trinajstić information content (AvgIpc) is 2.42. The van der Waals surface area contributed by atoms with Gasteiger partial charge in [-0.15, -0.1) is 6.58 Å². The summed E-state index contributed by atoms with van der Waals surface area (Å²) in [4.78, 5) is 11.7. The maximum atomic E-state index is 11.7. The monoisotopic (exact) mass is 247 g/mol. The molecule has 1 aromatic rings. The quantitative estimate of drug-likeness (QED) is 0.718. The molecule has 3 heteroatoms. The molecule has 0 radical (unpaired) electrons. The van der Waals surface area contributed by atoms with Gasteiger partial charge in [-0.2, -0.15) is 0 Å². The lowest BCUT2D eigenvalue weighted by Gasteiger charge is -2.19. The van der Waals surface area contributed by atoms with E-state index in [-0.39, 0.29) is 11.9 Å². The molecule has 0 heterocycles. The van der Waals surface area contributed by atoms with E-state index in [4.69, 9.17) is 10.5 Å². The van der Waals surface area contributed by atoms with E-state index >= 15 is 0 Å². The number of benzene rings is 1. The summed E-state index contributed by atoms with van der Waals surface area (Å²) in [7, 11) is 0. The highest BCUT2D eigenvalue weighted by molar-refractivity contribution is 5.84. The van der Waals surface area contributed by atoms with Crippen LogP contribution in [0.25, 0.3) is 0 Å². The molecule has 1 rings (SSSR count). The van der Waals surface area contributed by atoms with Crippen molar-refractivity contribution in [3.8, 4) is 0 Å². The van der Waals surface area contributed by atoms with Crippen LogP contribution in [0.4, 0.5) is 0 Å². The molecule has 2 unspecified atom stereocenters. The van der Waals surface area contributed by atoms with Crippen LogP contribution >= 0.6 is 0 Å². The second-order valence-corrected chi connectivity index (χ2v) is 4.32. The number of ketones is 1. The Hall–Kier alpha value is -1.45. The van der Waals surface area contributed by atoms with Crippen molar-refractivity contribution in [1.29, 1.82) is 0 Å². The summed E-state index contributed by atoms with van der Waals surface area (Å²) >= 11 is 0. The number of hydrogen-bond acceptors (Lipinski definition) is 3. The van der Waals surface area contributed by atoms with E-state index in [1.807, 2.05) is 37.3 Å². The lowest BCUT2D eigenvalue weighted by Crippen LogP contribution is -2.41. The van der Waals surface area contributed by atoms with Crippen molar-refractivity contribution in [3.63, 3.8) is 0 Å². The summed E-state index contributed by atoms with van der Waals surface area (Å²) in [5.41, 5.74) is 6.94. The van der Waals surface area contributed by atoms with Crippen LogP contribution in [0, 0.1) is 0 Å². The van der Waals surface area contributed by atoms with E-state index in [1.54, 1.807) is 6.08 Å². The first-order chi connectivity index (χ1) is 8.65.